The van der Waals surface area contributed by atoms with E-state index in [2.05, 4.69) is 25.9 Å². The predicted octanol–water partition coefficient (Wildman–Crippen LogP) is 1.52. The fourth-order valence-electron chi connectivity index (χ4n) is 1.31. The Morgan fingerprint density at radius 2 is 1.19 bits per heavy atom. The van der Waals surface area contributed by atoms with Crippen LogP contribution in [0.15, 0.2) is 6.07 Å². The summed E-state index contributed by atoms with van der Waals surface area (Å²) in [4.78, 5) is 42.3. The average molecular weight is 293 g/mol. The summed E-state index contributed by atoms with van der Waals surface area (Å²) in [5.74, 6) is -0.253. The molecule has 21 heavy (non-hydrogen) atoms. The molecule has 0 aliphatic rings. The van der Waals surface area contributed by atoms with Gasteiger partial charge in [-0.15, -0.1) is 0 Å². The highest BCUT2D eigenvalue weighted by atomic mass is 16.2. The Balaban J connectivity index is 3.03. The molecule has 0 saturated heterocycles. The number of hydrogen-bond acceptors (Lipinski definition) is 5. The van der Waals surface area contributed by atoms with E-state index in [1.54, 1.807) is 20.8 Å². The van der Waals surface area contributed by atoms with Gasteiger partial charge in [-0.25, -0.2) is 0 Å². The first-order valence-electron chi connectivity index (χ1n) is 6.77. The van der Waals surface area contributed by atoms with Crippen LogP contribution in [-0.2, 0) is 14.4 Å². The highest BCUT2D eigenvalue weighted by molar-refractivity contribution is 5.94. The van der Waals surface area contributed by atoms with Crippen molar-refractivity contribution in [1.29, 1.82) is 0 Å². The van der Waals surface area contributed by atoms with E-state index >= 15 is 0 Å². The van der Waals surface area contributed by atoms with Gasteiger partial charge in [-0.05, 0) is 0 Å². The molecule has 0 spiro atoms. The maximum Gasteiger partial charge on any atom is 0.233 e. The van der Waals surface area contributed by atoms with Crippen LogP contribution in [0.5, 0.6) is 0 Å². The molecule has 0 aliphatic carbocycles. The minimum atomic E-state index is -0.262. The number of rotatable bonds is 6. The van der Waals surface area contributed by atoms with Crippen LogP contribution < -0.4 is 16.0 Å². The van der Waals surface area contributed by atoms with E-state index in [9.17, 15) is 14.4 Å². The zero-order valence-corrected chi connectivity index (χ0v) is 12.3. The lowest BCUT2D eigenvalue weighted by Crippen LogP contribution is -2.18. The maximum atomic E-state index is 11.4. The Morgan fingerprint density at radius 3 is 1.57 bits per heavy atom. The normalized spacial score (nSPS) is 9.86. The van der Waals surface area contributed by atoms with E-state index in [1.807, 2.05) is 0 Å². The van der Waals surface area contributed by atoms with Crippen molar-refractivity contribution in [2.75, 3.05) is 16.0 Å². The summed E-state index contributed by atoms with van der Waals surface area (Å²) >= 11 is 0. The third kappa shape index (κ3) is 5.55. The van der Waals surface area contributed by atoms with E-state index in [-0.39, 0.29) is 54.6 Å². The first kappa shape index (κ1) is 16.5. The van der Waals surface area contributed by atoms with Gasteiger partial charge in [0.05, 0.1) is 0 Å². The molecule has 0 aromatic carbocycles. The van der Waals surface area contributed by atoms with Gasteiger partial charge in [0.1, 0.15) is 11.6 Å². The molecule has 0 fully saturated rings. The van der Waals surface area contributed by atoms with Crippen molar-refractivity contribution < 1.29 is 14.4 Å². The van der Waals surface area contributed by atoms with E-state index in [4.69, 9.17) is 0 Å². The van der Waals surface area contributed by atoms with Crippen LogP contribution >= 0.6 is 0 Å². The molecule has 3 N–H and O–H groups in total. The first-order valence-corrected chi connectivity index (χ1v) is 6.77. The minimum Gasteiger partial charge on any atom is -0.310 e. The second-order valence-corrected chi connectivity index (χ2v) is 4.17. The number of aromatic nitrogens is 2. The summed E-state index contributed by atoms with van der Waals surface area (Å²) < 4.78 is 0. The van der Waals surface area contributed by atoms with Gasteiger partial charge in [0.15, 0.2) is 0 Å². The number of amides is 3. The van der Waals surface area contributed by atoms with Crippen molar-refractivity contribution in [3.05, 3.63) is 6.07 Å². The van der Waals surface area contributed by atoms with Crippen molar-refractivity contribution in [2.24, 2.45) is 0 Å². The molecule has 114 valence electrons. The van der Waals surface area contributed by atoms with Crippen LogP contribution in [0.4, 0.5) is 17.6 Å². The topological polar surface area (TPSA) is 113 Å². The van der Waals surface area contributed by atoms with E-state index in [0.717, 1.165) is 0 Å². The zero-order valence-electron chi connectivity index (χ0n) is 12.3. The lowest BCUT2D eigenvalue weighted by Gasteiger charge is -2.10. The molecule has 8 nitrogen and oxygen atoms in total. The zero-order chi connectivity index (χ0) is 15.8. The average Bonchev–Trinajstić information content (AvgIpc) is 2.46. The van der Waals surface area contributed by atoms with E-state index in [1.165, 1.54) is 6.07 Å². The van der Waals surface area contributed by atoms with Gasteiger partial charge < -0.3 is 10.6 Å². The van der Waals surface area contributed by atoms with Crippen molar-refractivity contribution in [2.45, 2.75) is 40.0 Å². The molecular formula is C13H19N5O3. The highest BCUT2D eigenvalue weighted by Gasteiger charge is 2.10. The quantitative estimate of drug-likeness (QED) is 0.736. The summed E-state index contributed by atoms with van der Waals surface area (Å²) in [6.07, 6.45) is 0.847. The van der Waals surface area contributed by atoms with E-state index in [0.29, 0.717) is 0 Å². The molecule has 8 heteroatoms. The molecule has 0 radical (unpaired) electrons. The van der Waals surface area contributed by atoms with Gasteiger partial charge in [-0.3, -0.25) is 19.7 Å². The standard InChI is InChI=1S/C13H19N5O3/c1-4-10(19)14-8-7-9(15-11(20)5-2)17-13(16-8)18-12(21)6-3/h7H,4-6H2,1-3H3,(H3,14,15,16,17,18,19,20,21). The molecule has 0 bridgehead atoms. The largest absolute Gasteiger partial charge is 0.310 e. The number of nitrogens with one attached hydrogen (secondary N) is 3. The molecule has 1 rings (SSSR count). The number of anilines is 3. The molecule has 0 unspecified atom stereocenters. The number of carbonyl (C=O) groups excluding carboxylic acids is 3. The summed E-state index contributed by atoms with van der Waals surface area (Å²) in [7, 11) is 0. The van der Waals surface area contributed by atoms with Crippen LogP contribution in [-0.4, -0.2) is 27.7 Å². The number of hydrogen-bond donors (Lipinski definition) is 3. The van der Waals surface area contributed by atoms with Gasteiger partial charge in [0.2, 0.25) is 23.7 Å². The Labute approximate surface area is 122 Å². The Kier molecular flexibility index (Phi) is 6.25. The summed E-state index contributed by atoms with van der Waals surface area (Å²) in [5.41, 5.74) is 0. The van der Waals surface area contributed by atoms with E-state index < -0.39 is 0 Å². The van der Waals surface area contributed by atoms with Crippen molar-refractivity contribution >= 4 is 35.3 Å². The lowest BCUT2D eigenvalue weighted by molar-refractivity contribution is -0.116. The molecule has 1 aromatic rings. The van der Waals surface area contributed by atoms with Crippen LogP contribution in [0.3, 0.4) is 0 Å². The molecule has 1 aromatic heterocycles. The minimum absolute atomic E-state index is 0.0298. The second kappa shape index (κ2) is 7.93. The monoisotopic (exact) mass is 293 g/mol. The molecule has 0 saturated carbocycles. The van der Waals surface area contributed by atoms with Gasteiger partial charge in [0, 0.05) is 25.3 Å². The molecule has 0 aliphatic heterocycles. The van der Waals surface area contributed by atoms with Gasteiger partial charge in [-0.2, -0.15) is 9.97 Å². The molecule has 3 amide bonds. The van der Waals surface area contributed by atoms with Crippen molar-refractivity contribution in [3.8, 4) is 0 Å². The van der Waals surface area contributed by atoms with Crippen LogP contribution in [0, 0.1) is 0 Å². The summed E-state index contributed by atoms with van der Waals surface area (Å²) in [6, 6.07) is 1.43. The Hall–Kier alpha value is -2.51. The fourth-order valence-corrected chi connectivity index (χ4v) is 1.31. The van der Waals surface area contributed by atoms with Crippen molar-refractivity contribution in [1.82, 2.24) is 9.97 Å². The molecule has 0 atom stereocenters. The second-order valence-electron chi connectivity index (χ2n) is 4.17. The number of carbonyl (C=O) groups is 3. The number of nitrogens with zero attached hydrogens (tertiary/aromatic N) is 2. The third-order valence-electron chi connectivity index (χ3n) is 2.48. The lowest BCUT2D eigenvalue weighted by atomic mass is 10.4. The van der Waals surface area contributed by atoms with Crippen molar-refractivity contribution in [3.63, 3.8) is 0 Å². The first-order chi connectivity index (χ1) is 9.98. The van der Waals surface area contributed by atoms with Crippen LogP contribution in [0.25, 0.3) is 0 Å². The highest BCUT2D eigenvalue weighted by Crippen LogP contribution is 2.15. The maximum absolute atomic E-state index is 11.4. The fraction of sp³-hybridized carbons (Fsp3) is 0.462. The SMILES string of the molecule is CCC(=O)Nc1cc(NC(=O)CC)nc(NC(=O)CC)n1. The van der Waals surface area contributed by atoms with Crippen LogP contribution in [0.1, 0.15) is 40.0 Å². The Morgan fingerprint density at radius 1 is 0.810 bits per heavy atom. The van der Waals surface area contributed by atoms with Gasteiger partial charge in [-0.1, -0.05) is 20.8 Å². The Bertz CT molecular complexity index is 456. The molecule has 1 heterocycles. The summed E-state index contributed by atoms with van der Waals surface area (Å²) in [6.45, 7) is 5.10. The summed E-state index contributed by atoms with van der Waals surface area (Å²) in [5, 5.41) is 7.62. The van der Waals surface area contributed by atoms with Crippen LogP contribution in [0.2, 0.25) is 0 Å². The van der Waals surface area contributed by atoms with Gasteiger partial charge in [0.25, 0.3) is 0 Å². The molecular weight excluding hydrogens is 274 g/mol. The predicted molar refractivity (Wildman–Crippen MR) is 78.8 cm³/mol. The van der Waals surface area contributed by atoms with Gasteiger partial charge >= 0.3 is 0 Å². The third-order valence-corrected chi connectivity index (χ3v) is 2.48. The smallest absolute Gasteiger partial charge is 0.233 e.